The predicted molar refractivity (Wildman–Crippen MR) is 109 cm³/mol. The number of hydrogen-bond acceptors (Lipinski definition) is 5. The number of ether oxygens (including phenoxy) is 2. The van der Waals surface area contributed by atoms with Gasteiger partial charge in [-0.25, -0.2) is 4.79 Å². The van der Waals surface area contributed by atoms with Crippen LogP contribution in [0.15, 0.2) is 30.3 Å². The van der Waals surface area contributed by atoms with Crippen molar-refractivity contribution in [1.29, 1.82) is 0 Å². The van der Waals surface area contributed by atoms with Gasteiger partial charge in [0.1, 0.15) is 0 Å². The van der Waals surface area contributed by atoms with Crippen LogP contribution in [0, 0.1) is 5.92 Å². The third-order valence-electron chi connectivity index (χ3n) is 6.17. The molecule has 3 aliphatic heterocycles. The van der Waals surface area contributed by atoms with Gasteiger partial charge in [-0.05, 0) is 18.6 Å². The van der Waals surface area contributed by atoms with Crippen molar-refractivity contribution < 1.29 is 14.3 Å². The summed E-state index contributed by atoms with van der Waals surface area (Å²) in [7, 11) is 0. The Morgan fingerprint density at radius 2 is 1.75 bits per heavy atom. The first-order valence-electron chi connectivity index (χ1n) is 10.5. The van der Waals surface area contributed by atoms with E-state index in [4.69, 9.17) is 9.47 Å². The van der Waals surface area contributed by atoms with Gasteiger partial charge in [0.05, 0.1) is 19.8 Å². The van der Waals surface area contributed by atoms with Crippen LogP contribution >= 0.6 is 0 Å². The van der Waals surface area contributed by atoms with E-state index >= 15 is 0 Å². The lowest BCUT2D eigenvalue weighted by atomic mass is 9.97. The molecule has 0 aromatic heterocycles. The zero-order valence-corrected chi connectivity index (χ0v) is 16.6. The lowest BCUT2D eigenvalue weighted by Crippen LogP contribution is -2.56. The largest absolute Gasteiger partial charge is 0.381 e. The fourth-order valence-electron chi connectivity index (χ4n) is 4.47. The van der Waals surface area contributed by atoms with E-state index < -0.39 is 0 Å². The summed E-state index contributed by atoms with van der Waals surface area (Å²) in [5.74, 6) is 0.494. The van der Waals surface area contributed by atoms with E-state index in [9.17, 15) is 4.79 Å². The van der Waals surface area contributed by atoms with Gasteiger partial charge in [0.15, 0.2) is 0 Å². The van der Waals surface area contributed by atoms with Crippen LogP contribution in [-0.4, -0.2) is 94.1 Å². The van der Waals surface area contributed by atoms with Gasteiger partial charge in [0.2, 0.25) is 0 Å². The topological polar surface area (TPSA) is 57.3 Å². The van der Waals surface area contributed by atoms with E-state index in [0.29, 0.717) is 18.5 Å². The van der Waals surface area contributed by atoms with Crippen molar-refractivity contribution >= 4 is 11.7 Å². The Hall–Kier alpha value is -1.83. The summed E-state index contributed by atoms with van der Waals surface area (Å²) >= 11 is 0. The van der Waals surface area contributed by atoms with E-state index in [1.165, 1.54) is 5.69 Å². The highest BCUT2D eigenvalue weighted by molar-refractivity contribution is 5.74. The number of benzene rings is 1. The second-order valence-corrected chi connectivity index (χ2v) is 7.84. The number of nitrogens with zero attached hydrogens (tertiary/aromatic N) is 3. The van der Waals surface area contributed by atoms with Crippen LogP contribution in [0.1, 0.15) is 6.42 Å². The first-order valence-corrected chi connectivity index (χ1v) is 10.5. The highest BCUT2D eigenvalue weighted by Crippen LogP contribution is 2.22. The molecule has 3 aliphatic rings. The minimum Gasteiger partial charge on any atom is -0.381 e. The van der Waals surface area contributed by atoms with Crippen LogP contribution in [0.3, 0.4) is 0 Å². The first kappa shape index (κ1) is 19.5. The number of urea groups is 1. The van der Waals surface area contributed by atoms with E-state index in [-0.39, 0.29) is 6.03 Å². The Morgan fingerprint density at radius 1 is 1.00 bits per heavy atom. The third kappa shape index (κ3) is 4.77. The quantitative estimate of drug-likeness (QED) is 0.823. The third-order valence-corrected chi connectivity index (χ3v) is 6.17. The second kappa shape index (κ2) is 9.58. The maximum atomic E-state index is 12.8. The van der Waals surface area contributed by atoms with Gasteiger partial charge in [-0.1, -0.05) is 18.2 Å². The molecule has 154 valence electrons. The van der Waals surface area contributed by atoms with Crippen molar-refractivity contribution in [3.05, 3.63) is 30.3 Å². The highest BCUT2D eigenvalue weighted by atomic mass is 16.5. The fraction of sp³-hybridized carbons (Fsp3) is 0.667. The summed E-state index contributed by atoms with van der Waals surface area (Å²) in [4.78, 5) is 19.5. The van der Waals surface area contributed by atoms with Gasteiger partial charge in [0, 0.05) is 70.1 Å². The number of amides is 2. The summed E-state index contributed by atoms with van der Waals surface area (Å²) in [5, 5.41) is 3.21. The SMILES string of the molecule is O=C(NC[C@H]([C@@H]1CCOC1)N1CCOCC1)N1CCN(c2ccccc2)CC1. The van der Waals surface area contributed by atoms with Gasteiger partial charge in [0.25, 0.3) is 0 Å². The summed E-state index contributed by atoms with van der Waals surface area (Å²) < 4.78 is 11.1. The number of para-hydroxylation sites is 1. The second-order valence-electron chi connectivity index (χ2n) is 7.84. The molecule has 7 heteroatoms. The van der Waals surface area contributed by atoms with Gasteiger partial charge in [-0.2, -0.15) is 0 Å². The molecule has 4 rings (SSSR count). The fourth-order valence-corrected chi connectivity index (χ4v) is 4.47. The van der Waals surface area contributed by atoms with E-state index in [1.807, 2.05) is 11.0 Å². The molecule has 0 radical (unpaired) electrons. The smallest absolute Gasteiger partial charge is 0.317 e. The molecule has 28 heavy (non-hydrogen) atoms. The molecule has 1 aromatic rings. The lowest BCUT2D eigenvalue weighted by Gasteiger charge is -2.39. The van der Waals surface area contributed by atoms with Crippen LogP contribution in [0.4, 0.5) is 10.5 Å². The highest BCUT2D eigenvalue weighted by Gasteiger charge is 2.32. The molecule has 0 spiro atoms. The number of anilines is 1. The minimum atomic E-state index is 0.0601. The van der Waals surface area contributed by atoms with E-state index in [0.717, 1.165) is 72.1 Å². The maximum absolute atomic E-state index is 12.8. The van der Waals surface area contributed by atoms with Gasteiger partial charge in [-0.15, -0.1) is 0 Å². The van der Waals surface area contributed by atoms with Crippen molar-refractivity contribution in [2.24, 2.45) is 5.92 Å². The number of hydrogen-bond donors (Lipinski definition) is 1. The molecule has 0 bridgehead atoms. The molecule has 2 amide bonds. The zero-order chi connectivity index (χ0) is 19.2. The molecule has 3 fully saturated rings. The minimum absolute atomic E-state index is 0.0601. The average Bonchev–Trinajstić information content (AvgIpc) is 3.30. The van der Waals surface area contributed by atoms with Crippen LogP contribution in [0.5, 0.6) is 0 Å². The van der Waals surface area contributed by atoms with Crippen LogP contribution in [-0.2, 0) is 9.47 Å². The van der Waals surface area contributed by atoms with Crippen molar-refractivity contribution in [2.75, 3.05) is 77.1 Å². The zero-order valence-electron chi connectivity index (χ0n) is 16.6. The molecule has 2 atom stereocenters. The maximum Gasteiger partial charge on any atom is 0.317 e. The molecule has 0 aliphatic carbocycles. The van der Waals surface area contributed by atoms with Gasteiger partial charge < -0.3 is 24.6 Å². The Labute approximate surface area is 167 Å². The average molecular weight is 389 g/mol. The summed E-state index contributed by atoms with van der Waals surface area (Å²) in [6, 6.07) is 10.8. The number of morpholine rings is 1. The molecule has 7 nitrogen and oxygen atoms in total. The molecule has 1 N–H and O–H groups in total. The molecule has 3 heterocycles. The summed E-state index contributed by atoms with van der Waals surface area (Å²) in [5.41, 5.74) is 1.23. The molecule has 0 saturated carbocycles. The van der Waals surface area contributed by atoms with Crippen molar-refractivity contribution in [1.82, 2.24) is 15.1 Å². The van der Waals surface area contributed by atoms with Crippen LogP contribution < -0.4 is 10.2 Å². The lowest BCUT2D eigenvalue weighted by molar-refractivity contribution is 0.00185. The molecule has 0 unspecified atom stereocenters. The van der Waals surface area contributed by atoms with Crippen molar-refractivity contribution in [3.63, 3.8) is 0 Å². The molecular weight excluding hydrogens is 356 g/mol. The number of piperazine rings is 1. The Bertz CT molecular complexity index is 609. The molecule has 3 saturated heterocycles. The number of carbonyl (C=O) groups excluding carboxylic acids is 1. The van der Waals surface area contributed by atoms with Gasteiger partial charge in [-0.3, -0.25) is 4.90 Å². The summed E-state index contributed by atoms with van der Waals surface area (Å²) in [6.07, 6.45) is 1.08. The summed E-state index contributed by atoms with van der Waals surface area (Å²) in [6.45, 7) is 9.02. The predicted octanol–water partition coefficient (Wildman–Crippen LogP) is 1.26. The Morgan fingerprint density at radius 3 is 2.43 bits per heavy atom. The van der Waals surface area contributed by atoms with E-state index in [2.05, 4.69) is 39.4 Å². The standard InChI is InChI=1S/C21H32N4O3/c26-21(25-9-7-23(8-10-25)19-4-2-1-3-5-19)22-16-20(18-6-13-28-17-18)24-11-14-27-15-12-24/h1-5,18,20H,6-17H2,(H,22,26)/t18-,20-/m1/s1. The van der Waals surface area contributed by atoms with Crippen LogP contribution in [0.2, 0.25) is 0 Å². The number of nitrogens with one attached hydrogen (secondary N) is 1. The van der Waals surface area contributed by atoms with Gasteiger partial charge >= 0.3 is 6.03 Å². The number of rotatable bonds is 5. The molecular formula is C21H32N4O3. The van der Waals surface area contributed by atoms with E-state index in [1.54, 1.807) is 0 Å². The Balaban J connectivity index is 1.27. The van der Waals surface area contributed by atoms with Crippen LogP contribution in [0.25, 0.3) is 0 Å². The normalized spacial score (nSPS) is 24.9. The number of carbonyl (C=O) groups is 1. The Kier molecular flexibility index (Phi) is 6.67. The first-order chi connectivity index (χ1) is 13.8. The molecule has 1 aromatic carbocycles. The van der Waals surface area contributed by atoms with Crippen molar-refractivity contribution in [2.45, 2.75) is 12.5 Å². The van der Waals surface area contributed by atoms with Crippen molar-refractivity contribution in [3.8, 4) is 0 Å². The monoisotopic (exact) mass is 388 g/mol.